The van der Waals surface area contributed by atoms with Crippen molar-refractivity contribution in [3.8, 4) is 5.69 Å². The minimum Gasteiger partial charge on any atom is -0.368 e. The molecule has 5 aromatic rings. The fourth-order valence-corrected chi connectivity index (χ4v) is 5.00. The molecule has 1 fully saturated rings. The summed E-state index contributed by atoms with van der Waals surface area (Å²) in [5, 5.41) is 9.24. The second-order valence-electron chi connectivity index (χ2n) is 8.11. The van der Waals surface area contributed by atoms with Gasteiger partial charge in [-0.15, -0.1) is 0 Å². The summed E-state index contributed by atoms with van der Waals surface area (Å²) in [6.45, 7) is 2.89. The molecule has 166 valence electrons. The highest BCUT2D eigenvalue weighted by Crippen LogP contribution is 2.35. The number of para-hydroxylation sites is 1. The van der Waals surface area contributed by atoms with Gasteiger partial charge in [-0.1, -0.05) is 25.1 Å². The Morgan fingerprint density at radius 3 is 2.73 bits per heavy atom. The molecule has 0 saturated carbocycles. The predicted octanol–water partition coefficient (Wildman–Crippen LogP) is 2.65. The number of rotatable bonds is 4. The molecule has 5 heterocycles. The van der Waals surface area contributed by atoms with Crippen LogP contribution in [-0.4, -0.2) is 46.3 Å². The summed E-state index contributed by atoms with van der Waals surface area (Å²) in [4.78, 5) is 24.5. The number of halogens is 1. The Morgan fingerprint density at radius 1 is 1.15 bits per heavy atom. The highest BCUT2D eigenvalue weighted by Gasteiger charge is 2.38. The maximum absolute atomic E-state index is 13.6. The third-order valence-electron chi connectivity index (χ3n) is 6.24. The smallest absolute Gasteiger partial charge is 0.283 e. The first kappa shape index (κ1) is 19.9. The average molecular weight is 506 g/mol. The van der Waals surface area contributed by atoms with E-state index >= 15 is 0 Å². The Morgan fingerprint density at radius 2 is 1.97 bits per heavy atom. The Balaban J connectivity index is 1.49. The normalized spacial score (nSPS) is 16.9. The fourth-order valence-electron chi connectivity index (χ4n) is 4.53. The van der Waals surface area contributed by atoms with Gasteiger partial charge in [0, 0.05) is 30.8 Å². The molecule has 2 N–H and O–H groups in total. The van der Waals surface area contributed by atoms with Crippen LogP contribution >= 0.6 is 15.9 Å². The van der Waals surface area contributed by atoms with E-state index in [2.05, 4.69) is 42.8 Å². The summed E-state index contributed by atoms with van der Waals surface area (Å²) in [6, 6.07) is 13.3. The quantitative estimate of drug-likeness (QED) is 0.399. The van der Waals surface area contributed by atoms with Gasteiger partial charge in [0.05, 0.1) is 16.4 Å². The van der Waals surface area contributed by atoms with E-state index in [-0.39, 0.29) is 23.5 Å². The van der Waals surface area contributed by atoms with E-state index in [0.29, 0.717) is 27.4 Å². The molecule has 0 aliphatic carbocycles. The molecule has 1 saturated heterocycles. The van der Waals surface area contributed by atoms with Crippen molar-refractivity contribution in [1.29, 1.82) is 0 Å². The summed E-state index contributed by atoms with van der Waals surface area (Å²) in [5.41, 5.74) is 7.76. The molecular formula is C22H20BrN9O. The Kier molecular flexibility index (Phi) is 4.47. The Labute approximate surface area is 196 Å². The lowest BCUT2D eigenvalue weighted by Crippen LogP contribution is -2.53. The molecule has 0 bridgehead atoms. The monoisotopic (exact) mass is 505 g/mol. The number of hydrogen-bond donors (Lipinski definition) is 1. The van der Waals surface area contributed by atoms with Gasteiger partial charge in [0.2, 0.25) is 11.9 Å². The number of anilines is 2. The number of nitrogens with two attached hydrogens (primary N) is 1. The van der Waals surface area contributed by atoms with Crippen molar-refractivity contribution in [1.82, 2.24) is 33.8 Å². The minimum atomic E-state index is -0.124. The molecule has 2 atom stereocenters. The molecule has 6 rings (SSSR count). The van der Waals surface area contributed by atoms with Gasteiger partial charge in [0.15, 0.2) is 5.65 Å². The van der Waals surface area contributed by atoms with Gasteiger partial charge in [-0.25, -0.2) is 4.52 Å². The number of fused-ring (bicyclic) bond motifs is 2. The molecule has 1 aromatic carbocycles. The van der Waals surface area contributed by atoms with E-state index in [1.54, 1.807) is 32.1 Å². The van der Waals surface area contributed by atoms with Crippen LogP contribution < -0.4 is 16.2 Å². The van der Waals surface area contributed by atoms with Crippen molar-refractivity contribution in [2.24, 2.45) is 0 Å². The summed E-state index contributed by atoms with van der Waals surface area (Å²) >= 11 is 3.49. The number of nitrogen functional groups attached to an aromatic ring is 1. The zero-order chi connectivity index (χ0) is 22.7. The van der Waals surface area contributed by atoms with Crippen molar-refractivity contribution < 1.29 is 0 Å². The highest BCUT2D eigenvalue weighted by molar-refractivity contribution is 9.10. The van der Waals surface area contributed by atoms with Crippen LogP contribution in [0.25, 0.3) is 16.9 Å². The molecule has 0 amide bonds. The van der Waals surface area contributed by atoms with Crippen LogP contribution in [0.2, 0.25) is 0 Å². The zero-order valence-corrected chi connectivity index (χ0v) is 19.3. The maximum atomic E-state index is 13.6. The van der Waals surface area contributed by atoms with Crippen LogP contribution in [0.1, 0.15) is 25.1 Å². The van der Waals surface area contributed by atoms with E-state index in [1.807, 2.05) is 36.4 Å². The van der Waals surface area contributed by atoms with Gasteiger partial charge >= 0.3 is 0 Å². The minimum absolute atomic E-state index is 0.0602. The van der Waals surface area contributed by atoms with Crippen molar-refractivity contribution in [3.05, 3.63) is 75.5 Å². The van der Waals surface area contributed by atoms with Gasteiger partial charge < -0.3 is 10.6 Å². The Bertz CT molecular complexity index is 1560. The third-order valence-corrected chi connectivity index (χ3v) is 6.88. The molecule has 11 heteroatoms. The van der Waals surface area contributed by atoms with Gasteiger partial charge in [-0.05, 0) is 40.5 Å². The molecule has 0 radical (unpaired) electrons. The molecule has 2 unspecified atom stereocenters. The van der Waals surface area contributed by atoms with Crippen LogP contribution in [-0.2, 0) is 0 Å². The van der Waals surface area contributed by atoms with Crippen molar-refractivity contribution in [2.75, 3.05) is 17.2 Å². The predicted molar refractivity (Wildman–Crippen MR) is 128 cm³/mol. The standard InChI is InChI=1S/C22H20BrN9O/c1-13(16-9-11-29(16)22-27-21(24)26-17-7-10-25-32(17)22)19-28-30-12-8-15(23)18(30)20(33)31(19)14-5-3-2-4-6-14/h2-8,10,12-13,16H,9,11H2,1H3,(H2,24,26). The molecule has 33 heavy (non-hydrogen) atoms. The van der Waals surface area contributed by atoms with Crippen molar-refractivity contribution in [3.63, 3.8) is 0 Å². The second-order valence-corrected chi connectivity index (χ2v) is 8.97. The highest BCUT2D eigenvalue weighted by atomic mass is 79.9. The lowest BCUT2D eigenvalue weighted by Gasteiger charge is -2.44. The SMILES string of the molecule is CC(c1nn2ccc(Br)c2c(=O)n1-c1ccccc1)C1CCN1c1nc(N)nc2ccnn12. The number of hydrogen-bond acceptors (Lipinski definition) is 7. The van der Waals surface area contributed by atoms with Crippen LogP contribution in [0.4, 0.5) is 11.9 Å². The van der Waals surface area contributed by atoms with Crippen LogP contribution in [0.3, 0.4) is 0 Å². The fraction of sp³-hybridized carbons (Fsp3) is 0.227. The molecule has 4 aromatic heterocycles. The number of nitrogens with zero attached hydrogens (tertiary/aromatic N) is 8. The molecule has 1 aliphatic rings. The Hall–Kier alpha value is -3.73. The first-order valence-corrected chi connectivity index (χ1v) is 11.4. The molecule has 1 aliphatic heterocycles. The largest absolute Gasteiger partial charge is 0.368 e. The van der Waals surface area contributed by atoms with E-state index < -0.39 is 0 Å². The first-order chi connectivity index (χ1) is 16.0. The van der Waals surface area contributed by atoms with Crippen LogP contribution in [0.5, 0.6) is 0 Å². The number of benzene rings is 1. The van der Waals surface area contributed by atoms with Crippen LogP contribution in [0.15, 0.2) is 64.1 Å². The summed E-state index contributed by atoms with van der Waals surface area (Å²) < 4.78 is 5.76. The van der Waals surface area contributed by atoms with E-state index in [1.165, 1.54) is 0 Å². The van der Waals surface area contributed by atoms with Crippen molar-refractivity contribution in [2.45, 2.75) is 25.3 Å². The summed E-state index contributed by atoms with van der Waals surface area (Å²) in [5.74, 6) is 1.44. The summed E-state index contributed by atoms with van der Waals surface area (Å²) in [6.07, 6.45) is 4.40. The van der Waals surface area contributed by atoms with E-state index in [0.717, 1.165) is 18.7 Å². The summed E-state index contributed by atoms with van der Waals surface area (Å²) in [7, 11) is 0. The second kappa shape index (κ2) is 7.41. The number of aromatic nitrogens is 7. The first-order valence-electron chi connectivity index (χ1n) is 10.6. The van der Waals surface area contributed by atoms with E-state index in [4.69, 9.17) is 10.8 Å². The van der Waals surface area contributed by atoms with E-state index in [9.17, 15) is 4.79 Å². The maximum Gasteiger partial charge on any atom is 0.283 e. The molecule has 0 spiro atoms. The zero-order valence-electron chi connectivity index (χ0n) is 17.7. The lowest BCUT2D eigenvalue weighted by atomic mass is 9.90. The van der Waals surface area contributed by atoms with Gasteiger partial charge in [-0.2, -0.15) is 24.7 Å². The molecular weight excluding hydrogens is 486 g/mol. The lowest BCUT2D eigenvalue weighted by molar-refractivity contribution is 0.369. The van der Waals surface area contributed by atoms with Gasteiger partial charge in [0.25, 0.3) is 5.56 Å². The average Bonchev–Trinajstić information content (AvgIpc) is 3.40. The van der Waals surface area contributed by atoms with Crippen molar-refractivity contribution >= 4 is 39.0 Å². The van der Waals surface area contributed by atoms with Gasteiger partial charge in [0.1, 0.15) is 11.3 Å². The molecule has 10 nitrogen and oxygen atoms in total. The van der Waals surface area contributed by atoms with Gasteiger partial charge in [-0.3, -0.25) is 9.36 Å². The topological polar surface area (TPSA) is 112 Å². The van der Waals surface area contributed by atoms with Crippen LogP contribution in [0, 0.1) is 0 Å². The third kappa shape index (κ3) is 3.03.